The molecule has 0 bridgehead atoms. The molecule has 17 heavy (non-hydrogen) atoms. The highest BCUT2D eigenvalue weighted by atomic mass is 16.4. The SMILES string of the molecule is CC(=O)CCc1nc(C(=O)O)c2n1CCCC2. The highest BCUT2D eigenvalue weighted by Crippen LogP contribution is 2.21. The van der Waals surface area contributed by atoms with Crippen LogP contribution in [0.4, 0.5) is 0 Å². The van der Waals surface area contributed by atoms with Crippen LogP contribution in [-0.4, -0.2) is 26.4 Å². The standard InChI is InChI=1S/C12H16N2O3/c1-8(15)5-6-10-13-11(12(16)17)9-4-2-3-7-14(9)10/h2-7H2,1H3,(H,16,17). The molecule has 0 atom stereocenters. The van der Waals surface area contributed by atoms with E-state index in [1.54, 1.807) is 0 Å². The Bertz CT molecular complexity index is 463. The van der Waals surface area contributed by atoms with Gasteiger partial charge in [-0.25, -0.2) is 9.78 Å². The smallest absolute Gasteiger partial charge is 0.356 e. The van der Waals surface area contributed by atoms with Crippen molar-refractivity contribution in [3.63, 3.8) is 0 Å². The van der Waals surface area contributed by atoms with Gasteiger partial charge in [-0.3, -0.25) is 0 Å². The number of carboxylic acid groups (broad SMARTS) is 1. The summed E-state index contributed by atoms with van der Waals surface area (Å²) in [5.74, 6) is -0.118. The van der Waals surface area contributed by atoms with E-state index in [2.05, 4.69) is 4.98 Å². The molecule has 0 saturated heterocycles. The normalized spacial score (nSPS) is 14.4. The Morgan fingerprint density at radius 2 is 2.18 bits per heavy atom. The number of nitrogens with zero attached hydrogens (tertiary/aromatic N) is 2. The molecule has 0 aromatic carbocycles. The fourth-order valence-corrected chi connectivity index (χ4v) is 2.27. The maximum absolute atomic E-state index is 11.1. The highest BCUT2D eigenvalue weighted by Gasteiger charge is 2.23. The van der Waals surface area contributed by atoms with E-state index in [-0.39, 0.29) is 11.5 Å². The molecule has 0 spiro atoms. The van der Waals surface area contributed by atoms with Crippen LogP contribution in [0.1, 0.15) is 48.2 Å². The molecule has 1 aromatic heterocycles. The molecule has 0 unspecified atom stereocenters. The quantitative estimate of drug-likeness (QED) is 0.858. The van der Waals surface area contributed by atoms with E-state index in [9.17, 15) is 9.59 Å². The van der Waals surface area contributed by atoms with Gasteiger partial charge in [-0.05, 0) is 26.2 Å². The molecule has 1 aliphatic heterocycles. The van der Waals surface area contributed by atoms with E-state index >= 15 is 0 Å². The minimum Gasteiger partial charge on any atom is -0.476 e. The highest BCUT2D eigenvalue weighted by molar-refractivity contribution is 5.87. The molecule has 0 radical (unpaired) electrons. The van der Waals surface area contributed by atoms with Crippen LogP contribution in [0, 0.1) is 0 Å². The predicted octanol–water partition coefficient (Wildman–Crippen LogP) is 1.44. The lowest BCUT2D eigenvalue weighted by Gasteiger charge is -2.16. The summed E-state index contributed by atoms with van der Waals surface area (Å²) in [6.45, 7) is 2.36. The van der Waals surface area contributed by atoms with Crippen LogP contribution in [0.15, 0.2) is 0 Å². The summed E-state index contributed by atoms with van der Waals surface area (Å²) in [6.07, 6.45) is 3.80. The molecule has 1 aromatic rings. The molecule has 0 aliphatic carbocycles. The van der Waals surface area contributed by atoms with Crippen molar-refractivity contribution in [2.45, 2.75) is 45.6 Å². The number of ketones is 1. The summed E-state index contributed by atoms with van der Waals surface area (Å²) in [5, 5.41) is 9.09. The molecular formula is C12H16N2O3. The number of carboxylic acids is 1. The largest absolute Gasteiger partial charge is 0.476 e. The van der Waals surface area contributed by atoms with E-state index in [1.807, 2.05) is 4.57 Å². The second-order valence-electron chi connectivity index (χ2n) is 4.44. The number of carbonyl (C=O) groups excluding carboxylic acids is 1. The number of aromatic nitrogens is 2. The number of aromatic carboxylic acids is 1. The number of hydrogen-bond donors (Lipinski definition) is 1. The van der Waals surface area contributed by atoms with Gasteiger partial charge in [0.2, 0.25) is 0 Å². The van der Waals surface area contributed by atoms with Gasteiger partial charge in [0, 0.05) is 19.4 Å². The zero-order valence-electron chi connectivity index (χ0n) is 9.90. The lowest BCUT2D eigenvalue weighted by atomic mass is 10.1. The van der Waals surface area contributed by atoms with Gasteiger partial charge < -0.3 is 14.5 Å². The molecule has 0 amide bonds. The first-order chi connectivity index (χ1) is 8.09. The number of imidazole rings is 1. The molecule has 1 aliphatic rings. The first-order valence-electron chi connectivity index (χ1n) is 5.90. The first kappa shape index (κ1) is 11.8. The topological polar surface area (TPSA) is 72.2 Å². The fourth-order valence-electron chi connectivity index (χ4n) is 2.27. The van der Waals surface area contributed by atoms with Crippen LogP contribution in [0.25, 0.3) is 0 Å². The molecule has 5 heteroatoms. The fraction of sp³-hybridized carbons (Fsp3) is 0.583. The lowest BCUT2D eigenvalue weighted by molar-refractivity contribution is -0.117. The molecule has 1 N–H and O–H groups in total. The summed E-state index contributed by atoms with van der Waals surface area (Å²) in [7, 11) is 0. The summed E-state index contributed by atoms with van der Waals surface area (Å²) in [6, 6.07) is 0. The minimum absolute atomic E-state index is 0.107. The number of rotatable bonds is 4. The Kier molecular flexibility index (Phi) is 3.26. The van der Waals surface area contributed by atoms with Gasteiger partial charge in [0.1, 0.15) is 11.6 Å². The molecule has 2 heterocycles. The number of Topliss-reactive ketones (excluding diaryl/α,β-unsaturated/α-hetero) is 1. The minimum atomic E-state index is -0.968. The van der Waals surface area contributed by atoms with Crippen molar-refractivity contribution >= 4 is 11.8 Å². The van der Waals surface area contributed by atoms with Crippen molar-refractivity contribution in [2.24, 2.45) is 0 Å². The van der Waals surface area contributed by atoms with Crippen LogP contribution in [0.5, 0.6) is 0 Å². The van der Waals surface area contributed by atoms with Crippen molar-refractivity contribution in [1.29, 1.82) is 0 Å². The Morgan fingerprint density at radius 3 is 2.82 bits per heavy atom. The van der Waals surface area contributed by atoms with E-state index in [1.165, 1.54) is 6.92 Å². The molecule has 2 rings (SSSR count). The van der Waals surface area contributed by atoms with Crippen LogP contribution in [-0.2, 0) is 24.2 Å². The maximum atomic E-state index is 11.1. The van der Waals surface area contributed by atoms with Crippen molar-refractivity contribution < 1.29 is 14.7 Å². The predicted molar refractivity (Wildman–Crippen MR) is 61.1 cm³/mol. The van der Waals surface area contributed by atoms with Gasteiger partial charge in [-0.15, -0.1) is 0 Å². The molecular weight excluding hydrogens is 220 g/mol. The van der Waals surface area contributed by atoms with E-state index < -0.39 is 5.97 Å². The monoisotopic (exact) mass is 236 g/mol. The van der Waals surface area contributed by atoms with E-state index in [0.29, 0.717) is 12.8 Å². The van der Waals surface area contributed by atoms with Gasteiger partial charge >= 0.3 is 5.97 Å². The zero-order chi connectivity index (χ0) is 12.4. The van der Waals surface area contributed by atoms with E-state index in [4.69, 9.17) is 5.11 Å². The molecule has 92 valence electrons. The summed E-state index contributed by atoms with van der Waals surface area (Å²) < 4.78 is 1.98. The lowest BCUT2D eigenvalue weighted by Crippen LogP contribution is -2.14. The number of carbonyl (C=O) groups is 2. The maximum Gasteiger partial charge on any atom is 0.356 e. The van der Waals surface area contributed by atoms with Crippen molar-refractivity contribution in [3.05, 3.63) is 17.2 Å². The van der Waals surface area contributed by atoms with Gasteiger partial charge in [0.05, 0.1) is 5.69 Å². The Hall–Kier alpha value is -1.65. The molecule has 5 nitrogen and oxygen atoms in total. The van der Waals surface area contributed by atoms with Crippen molar-refractivity contribution in [1.82, 2.24) is 9.55 Å². The average molecular weight is 236 g/mol. The number of hydrogen-bond acceptors (Lipinski definition) is 3. The third-order valence-electron chi connectivity index (χ3n) is 3.10. The molecule has 0 fully saturated rings. The van der Waals surface area contributed by atoms with Gasteiger partial charge in [0.25, 0.3) is 0 Å². The van der Waals surface area contributed by atoms with Crippen molar-refractivity contribution in [2.75, 3.05) is 0 Å². The number of aryl methyl sites for hydroxylation is 1. The average Bonchev–Trinajstić information content (AvgIpc) is 2.65. The van der Waals surface area contributed by atoms with Gasteiger partial charge in [0.15, 0.2) is 5.69 Å². The summed E-state index contributed by atoms with van der Waals surface area (Å²) >= 11 is 0. The van der Waals surface area contributed by atoms with Crippen LogP contribution in [0.3, 0.4) is 0 Å². The Balaban J connectivity index is 2.32. The Morgan fingerprint density at radius 1 is 1.41 bits per heavy atom. The van der Waals surface area contributed by atoms with E-state index in [0.717, 1.165) is 37.3 Å². The van der Waals surface area contributed by atoms with Crippen molar-refractivity contribution in [3.8, 4) is 0 Å². The van der Waals surface area contributed by atoms with Gasteiger partial charge in [-0.1, -0.05) is 0 Å². The van der Waals surface area contributed by atoms with Crippen LogP contribution < -0.4 is 0 Å². The third-order valence-corrected chi connectivity index (χ3v) is 3.10. The summed E-state index contributed by atoms with van der Waals surface area (Å²) in [4.78, 5) is 26.2. The second kappa shape index (κ2) is 4.69. The zero-order valence-corrected chi connectivity index (χ0v) is 9.90. The number of fused-ring (bicyclic) bond motifs is 1. The van der Waals surface area contributed by atoms with Gasteiger partial charge in [-0.2, -0.15) is 0 Å². The second-order valence-corrected chi connectivity index (χ2v) is 4.44. The Labute approximate surface area is 99.5 Å². The first-order valence-corrected chi connectivity index (χ1v) is 5.90. The van der Waals surface area contributed by atoms with Crippen LogP contribution >= 0.6 is 0 Å². The summed E-state index contributed by atoms with van der Waals surface area (Å²) in [5.41, 5.74) is 0.991. The van der Waals surface area contributed by atoms with Crippen LogP contribution in [0.2, 0.25) is 0 Å². The third kappa shape index (κ3) is 2.38. The molecule has 0 saturated carbocycles.